The van der Waals surface area contributed by atoms with Crippen LogP contribution in [0.25, 0.3) is 0 Å². The molecule has 0 aliphatic carbocycles. The fraction of sp³-hybridized carbons (Fsp3) is 0.750. The van der Waals surface area contributed by atoms with Gasteiger partial charge < -0.3 is 80.5 Å². The number of nitrogens with zero attached hydrogens (tertiary/aromatic N) is 4. The number of rotatable bonds is 60. The fourth-order valence-electron chi connectivity index (χ4n) is 10.4. The number of carboxylic acids is 12. The van der Waals surface area contributed by atoms with E-state index in [9.17, 15) is 169 Å². The van der Waals surface area contributed by atoms with Crippen molar-refractivity contribution in [3.63, 3.8) is 0 Å². The predicted octanol–water partition coefficient (Wildman–Crippen LogP) is -14.3. The average Bonchev–Trinajstić information content (AvgIpc) is 0.793. The Morgan fingerprint density at radius 3 is 0.508 bits per heavy atom. The van der Waals surface area contributed by atoms with Crippen molar-refractivity contribution in [3.05, 3.63) is 0 Å². The van der Waals surface area contributed by atoms with Crippen LogP contribution < -0.4 is 139 Å². The largest absolute Gasteiger partial charge is 1.00 e. The topological polar surface area (TPSA) is 795 Å². The number of amides is 4. The Labute approximate surface area is 780 Å². The molecule has 0 aromatic rings. The molecule has 0 rings (SSSR count). The van der Waals surface area contributed by atoms with Crippen LogP contribution in [0.5, 0.6) is 0 Å². The monoisotopic (exact) mass is 1850 g/mol. The van der Waals surface area contributed by atoms with Crippen molar-refractivity contribution >= 4 is 136 Å². The zero-order chi connectivity index (χ0) is 91.3. The number of hydroxylamine groups is 8. The van der Waals surface area contributed by atoms with E-state index in [1.807, 2.05) is 27.7 Å². The van der Waals surface area contributed by atoms with E-state index in [1.165, 1.54) is 27.7 Å². The summed E-state index contributed by atoms with van der Waals surface area (Å²) in [5, 5.41) is 119. The summed E-state index contributed by atoms with van der Waals surface area (Å²) in [6.45, 7) is 12.3. The maximum absolute atomic E-state index is 12.7. The van der Waals surface area contributed by atoms with Crippen molar-refractivity contribution in [3.8, 4) is 0 Å². The van der Waals surface area contributed by atoms with Gasteiger partial charge in [0.15, 0.2) is 24.2 Å². The Hall–Kier alpha value is -5.00. The number of hydrogen-bond acceptors (Lipinski definition) is 32. The zero-order valence-electron chi connectivity index (χ0n) is 68.8. The Kier molecular flexibility index (Phi) is 69.4. The Bertz CT molecular complexity index is 3330. The van der Waals surface area contributed by atoms with Crippen molar-refractivity contribution < 1.29 is 327 Å². The molecule has 120 heavy (non-hydrogen) atoms. The minimum atomic E-state index is -5.34. The van der Waals surface area contributed by atoms with E-state index in [1.54, 1.807) is 0 Å². The molecule has 4 amide bonds. The number of unbranched alkanes of at least 4 members (excludes halogenated alkanes) is 8. The summed E-state index contributed by atoms with van der Waals surface area (Å²) in [7, 11) is -21.4. The van der Waals surface area contributed by atoms with Gasteiger partial charge in [-0.15, -0.1) is 0 Å². The molecule has 48 nitrogen and oxygen atoms in total. The van der Waals surface area contributed by atoms with Crippen LogP contribution in [0.4, 0.5) is 0 Å². The maximum Gasteiger partial charge on any atom is 1.00 e. The second kappa shape index (κ2) is 63.8. The summed E-state index contributed by atoms with van der Waals surface area (Å²) in [5.41, 5.74) is 0. The van der Waals surface area contributed by atoms with Crippen molar-refractivity contribution in [1.82, 2.24) is 20.3 Å². The molecular weight excluding hydrogens is 1750 g/mol. The van der Waals surface area contributed by atoms with Gasteiger partial charge in [0, 0.05) is 0 Å². The third kappa shape index (κ3) is 44.2. The minimum Gasteiger partial charge on any atom is -0.548 e. The maximum atomic E-state index is 12.7. The number of carbonyl (C=O) groups excluding carboxylic acids is 8. The molecule has 0 saturated heterocycles. The Balaban J connectivity index is -0.000000230. The van der Waals surface area contributed by atoms with Gasteiger partial charge in [0.05, 0.1) is 102 Å². The molecule has 0 heterocycles. The third-order valence-electron chi connectivity index (χ3n) is 16.5. The van der Waals surface area contributed by atoms with E-state index in [4.69, 9.17) is 39.8 Å². The molecule has 0 spiro atoms. The van der Waals surface area contributed by atoms with Gasteiger partial charge in [-0.25, -0.2) is 39.4 Å². The first-order valence-corrected chi connectivity index (χ1v) is 41.4. The predicted molar refractivity (Wildman–Crippen MR) is 379 cm³/mol. The quantitative estimate of drug-likeness (QED) is 0.0116. The summed E-state index contributed by atoms with van der Waals surface area (Å²) in [5.74, 6) is -28.0. The second-order valence-corrected chi connectivity index (χ2v) is 32.5. The molecule has 0 aliphatic rings. The van der Waals surface area contributed by atoms with Crippen LogP contribution in [-0.2, 0) is 137 Å². The van der Waals surface area contributed by atoms with Gasteiger partial charge >= 0.3 is 166 Å². The summed E-state index contributed by atoms with van der Waals surface area (Å²) in [6.07, 6.45) is -5.87. The Morgan fingerprint density at radius 1 is 0.275 bits per heavy atom. The van der Waals surface area contributed by atoms with Gasteiger partial charge in [-0.3, -0.25) is 75.9 Å². The molecule has 12 N–H and O–H groups in total. The first-order chi connectivity index (χ1) is 53.3. The van der Waals surface area contributed by atoms with Gasteiger partial charge in [-0.2, -0.15) is 33.7 Å². The van der Waals surface area contributed by atoms with E-state index >= 15 is 0 Å². The average molecular weight is 1850 g/mol. The minimum absolute atomic E-state index is 0. The molecule has 0 aliphatic heterocycles. The third-order valence-corrected chi connectivity index (χ3v) is 22.5. The first-order valence-electron chi connectivity index (χ1n) is 35.7. The van der Waals surface area contributed by atoms with Crippen LogP contribution >= 0.6 is 0 Å². The summed E-state index contributed by atoms with van der Waals surface area (Å²) in [4.78, 5) is 207. The first kappa shape index (κ1) is 131. The standard InChI is InChI=1S/4C16H27NO11S.4Na/c4*1-3-5-6-8-28-17(11(14(21)22)9-13(19)20)12(18)10-16(7-4-2,15(23)24)29(25,26)27;;;;/h4*11H,3-10H2,1-2H3,(H,19,20)(H,21,22)(H,23,24)(H,25,26,27);;;;/q;;;;4*+1/p-4. The summed E-state index contributed by atoms with van der Waals surface area (Å²) < 4.78 is 119. The molecule has 0 bridgehead atoms. The number of carboxylic acid groups (broad SMARTS) is 12. The van der Waals surface area contributed by atoms with E-state index in [-0.39, 0.29) is 191 Å². The van der Waals surface area contributed by atoms with Crippen LogP contribution in [0.15, 0.2) is 0 Å². The molecule has 0 radical (unpaired) electrons. The molecular formula is C64H104N4Na4O44S4. The molecule has 672 valence electrons. The molecule has 0 fully saturated rings. The van der Waals surface area contributed by atoms with Gasteiger partial charge in [0.25, 0.3) is 40.5 Å². The van der Waals surface area contributed by atoms with Crippen LogP contribution in [0.2, 0.25) is 0 Å². The van der Waals surface area contributed by atoms with Gasteiger partial charge in [-0.1, -0.05) is 132 Å². The van der Waals surface area contributed by atoms with Crippen LogP contribution in [0.3, 0.4) is 0 Å². The number of hydrogen-bond donors (Lipinski definition) is 12. The summed E-state index contributed by atoms with van der Waals surface area (Å²) in [6, 6.07) is -8.15. The van der Waals surface area contributed by atoms with Crippen LogP contribution in [0, 0.1) is 0 Å². The normalized spacial score (nSPS) is 14.1. The van der Waals surface area contributed by atoms with E-state index < -0.39 is 256 Å². The van der Waals surface area contributed by atoms with Gasteiger partial charge in [0.1, 0.15) is 19.0 Å². The van der Waals surface area contributed by atoms with Crippen molar-refractivity contribution in [1.29, 1.82) is 0 Å². The summed E-state index contributed by atoms with van der Waals surface area (Å²) >= 11 is 0. The van der Waals surface area contributed by atoms with Gasteiger partial charge in [0.2, 0.25) is 23.6 Å². The van der Waals surface area contributed by atoms with Crippen molar-refractivity contribution in [2.75, 3.05) is 26.4 Å². The van der Waals surface area contributed by atoms with Gasteiger partial charge in [-0.05, 0) is 51.4 Å². The molecule has 8 atom stereocenters. The molecule has 0 aromatic carbocycles. The second-order valence-electron chi connectivity index (χ2n) is 25.6. The Morgan fingerprint density at radius 2 is 0.417 bits per heavy atom. The zero-order valence-corrected chi connectivity index (χ0v) is 80.1. The SMILES string of the molecule is CCCCCON(C(=O)CC(CCC)(C(=O)[O-])S(=O)(=O)O)C(CC(=O)O)C(=O)O.CCCCCON(C(=O)CC(CCC)(C(=O)[O-])S(=O)(=O)O)C(CC(=O)O)C(=O)O.CCCCCON(C(=O)CC(CCC)(C(=O)[O-])S(=O)(=O)O)C(CC(=O)O)C(=O)O.CCCCCON(C(=O)CC(CCC)(C(=O)[O-])S(=O)(=O)O)C(CC(=O)O)C(=O)O.[Na+].[Na+].[Na+].[Na+]. The van der Waals surface area contributed by atoms with Crippen molar-refractivity contribution in [2.24, 2.45) is 0 Å². The fourth-order valence-corrected chi connectivity index (χ4v) is 14.3. The number of carbonyl (C=O) groups is 16. The number of aliphatic carboxylic acids is 12. The molecule has 8 unspecified atom stereocenters. The van der Waals surface area contributed by atoms with E-state index in [2.05, 4.69) is 0 Å². The smallest absolute Gasteiger partial charge is 0.548 e. The van der Waals surface area contributed by atoms with Crippen LogP contribution in [0.1, 0.15) is 235 Å². The van der Waals surface area contributed by atoms with Crippen LogP contribution in [-0.4, -0.2) is 278 Å². The molecule has 0 saturated carbocycles. The molecule has 56 heteroatoms. The molecule has 0 aromatic heterocycles. The van der Waals surface area contributed by atoms with Crippen molar-refractivity contribution in [2.45, 2.75) is 278 Å². The van der Waals surface area contributed by atoms with E-state index in [0.717, 1.165) is 25.7 Å². The van der Waals surface area contributed by atoms with E-state index in [0.29, 0.717) is 51.4 Å².